The molecule has 2 aromatic rings. The van der Waals surface area contributed by atoms with Crippen LogP contribution in [0.2, 0.25) is 0 Å². The summed E-state index contributed by atoms with van der Waals surface area (Å²) < 4.78 is 5.47. The molecule has 5 heteroatoms. The lowest BCUT2D eigenvalue weighted by Crippen LogP contribution is -2.37. The van der Waals surface area contributed by atoms with Crippen LogP contribution in [0, 0.1) is 5.92 Å². The quantitative estimate of drug-likeness (QED) is 0.911. The van der Waals surface area contributed by atoms with Crippen LogP contribution in [0.25, 0.3) is 0 Å². The Labute approximate surface area is 142 Å². The van der Waals surface area contributed by atoms with Crippen molar-refractivity contribution in [2.24, 2.45) is 5.92 Å². The highest BCUT2D eigenvalue weighted by Crippen LogP contribution is 2.39. The molecule has 5 nitrogen and oxygen atoms in total. The van der Waals surface area contributed by atoms with Crippen LogP contribution in [0.5, 0.6) is 0 Å². The number of nitrogens with zero attached hydrogens (tertiary/aromatic N) is 3. The number of hydrogen-bond acceptors (Lipinski definition) is 5. The van der Waals surface area contributed by atoms with E-state index in [1.54, 1.807) is 0 Å². The molecule has 1 aromatic carbocycles. The van der Waals surface area contributed by atoms with E-state index in [0.717, 1.165) is 43.2 Å². The zero-order valence-electron chi connectivity index (χ0n) is 14.1. The van der Waals surface area contributed by atoms with E-state index in [-0.39, 0.29) is 12.1 Å². The average Bonchev–Trinajstić information content (AvgIpc) is 3.38. The molecule has 4 rings (SSSR count). The van der Waals surface area contributed by atoms with E-state index in [4.69, 9.17) is 4.52 Å². The Morgan fingerprint density at radius 3 is 2.50 bits per heavy atom. The molecule has 2 fully saturated rings. The molecule has 1 saturated heterocycles. The summed E-state index contributed by atoms with van der Waals surface area (Å²) in [5.74, 6) is 2.47. The number of hydrogen-bond donors (Lipinski definition) is 1. The van der Waals surface area contributed by atoms with Crippen molar-refractivity contribution in [1.29, 1.82) is 0 Å². The smallest absolute Gasteiger partial charge is 0.243 e. The fourth-order valence-corrected chi connectivity index (χ4v) is 3.63. The molecule has 2 aliphatic rings. The van der Waals surface area contributed by atoms with E-state index >= 15 is 0 Å². The topological polar surface area (TPSA) is 62.4 Å². The van der Waals surface area contributed by atoms with E-state index in [0.29, 0.717) is 11.8 Å². The molecule has 1 aliphatic heterocycles. The Morgan fingerprint density at radius 1 is 1.12 bits per heavy atom. The highest BCUT2D eigenvalue weighted by molar-refractivity contribution is 5.18. The maximum atomic E-state index is 10.6. The van der Waals surface area contributed by atoms with Crippen molar-refractivity contribution in [1.82, 2.24) is 15.0 Å². The standard InChI is InChI=1S/C19H25N3O2/c1-13(19-20-18(21-24-19)16-7-8-16)22-11-9-15(10-12-22)17(23)14-5-3-2-4-6-14/h2-6,13,15-17,23H,7-12H2,1H3/t13-,17+/m1/s1. The summed E-state index contributed by atoms with van der Waals surface area (Å²) in [5.41, 5.74) is 1.02. The number of aliphatic hydroxyl groups excluding tert-OH is 1. The highest BCUT2D eigenvalue weighted by atomic mass is 16.5. The summed E-state index contributed by atoms with van der Waals surface area (Å²) in [6, 6.07) is 10.1. The molecule has 1 aliphatic carbocycles. The largest absolute Gasteiger partial charge is 0.388 e. The summed E-state index contributed by atoms with van der Waals surface area (Å²) in [5, 5.41) is 14.7. The minimum atomic E-state index is -0.367. The van der Waals surface area contributed by atoms with Crippen molar-refractivity contribution < 1.29 is 9.63 Å². The van der Waals surface area contributed by atoms with Crippen molar-refractivity contribution in [3.05, 3.63) is 47.6 Å². The number of rotatable bonds is 5. The third-order valence-electron chi connectivity index (χ3n) is 5.47. The molecule has 0 amide bonds. The Bertz CT molecular complexity index is 660. The van der Waals surface area contributed by atoms with Gasteiger partial charge in [-0.05, 0) is 57.2 Å². The van der Waals surface area contributed by atoms with Crippen LogP contribution in [0.4, 0.5) is 0 Å². The number of piperidine rings is 1. The van der Waals surface area contributed by atoms with Crippen LogP contribution in [0.1, 0.15) is 67.9 Å². The molecule has 128 valence electrons. The van der Waals surface area contributed by atoms with Gasteiger partial charge in [-0.25, -0.2) is 0 Å². The lowest BCUT2D eigenvalue weighted by atomic mass is 9.87. The fraction of sp³-hybridized carbons (Fsp3) is 0.579. The van der Waals surface area contributed by atoms with Crippen molar-refractivity contribution in [2.45, 2.75) is 50.7 Å². The van der Waals surface area contributed by atoms with Gasteiger partial charge >= 0.3 is 0 Å². The van der Waals surface area contributed by atoms with E-state index in [9.17, 15) is 5.11 Å². The first-order chi connectivity index (χ1) is 11.7. The molecule has 24 heavy (non-hydrogen) atoms. The summed E-state index contributed by atoms with van der Waals surface area (Å²) in [6.45, 7) is 4.05. The molecule has 0 spiro atoms. The second-order valence-corrected chi connectivity index (χ2v) is 7.17. The Hall–Kier alpha value is -1.72. The van der Waals surface area contributed by atoms with Crippen LogP contribution in [-0.4, -0.2) is 33.2 Å². The van der Waals surface area contributed by atoms with Gasteiger partial charge in [0.25, 0.3) is 0 Å². The van der Waals surface area contributed by atoms with E-state index in [1.165, 1.54) is 12.8 Å². The van der Waals surface area contributed by atoms with Gasteiger partial charge in [-0.15, -0.1) is 0 Å². The van der Waals surface area contributed by atoms with Crippen LogP contribution in [0.15, 0.2) is 34.9 Å². The summed E-state index contributed by atoms with van der Waals surface area (Å²) in [4.78, 5) is 6.97. The zero-order valence-corrected chi connectivity index (χ0v) is 14.1. The van der Waals surface area contributed by atoms with Gasteiger partial charge in [0.2, 0.25) is 5.89 Å². The molecule has 0 bridgehead atoms. The van der Waals surface area contributed by atoms with Gasteiger partial charge in [-0.1, -0.05) is 35.5 Å². The number of benzene rings is 1. The van der Waals surface area contributed by atoms with Gasteiger partial charge < -0.3 is 9.63 Å². The first-order valence-electron chi connectivity index (χ1n) is 9.03. The van der Waals surface area contributed by atoms with Crippen LogP contribution < -0.4 is 0 Å². The number of aliphatic hydroxyl groups is 1. The first kappa shape index (κ1) is 15.8. The third kappa shape index (κ3) is 3.23. The van der Waals surface area contributed by atoms with Crippen LogP contribution in [-0.2, 0) is 0 Å². The second kappa shape index (κ2) is 6.65. The summed E-state index contributed by atoms with van der Waals surface area (Å²) >= 11 is 0. The Morgan fingerprint density at radius 2 is 1.83 bits per heavy atom. The number of likely N-dealkylation sites (tertiary alicyclic amines) is 1. The normalized spacial score (nSPS) is 22.4. The molecular weight excluding hydrogens is 302 g/mol. The minimum absolute atomic E-state index is 0.153. The molecule has 0 unspecified atom stereocenters. The monoisotopic (exact) mass is 327 g/mol. The van der Waals surface area contributed by atoms with Crippen LogP contribution >= 0.6 is 0 Å². The molecule has 1 aromatic heterocycles. The van der Waals surface area contributed by atoms with Gasteiger partial charge in [0.1, 0.15) is 0 Å². The van der Waals surface area contributed by atoms with Crippen molar-refractivity contribution in [2.75, 3.05) is 13.1 Å². The molecule has 1 N–H and O–H groups in total. The Kier molecular flexibility index (Phi) is 4.37. The summed E-state index contributed by atoms with van der Waals surface area (Å²) in [7, 11) is 0. The Balaban J connectivity index is 1.35. The van der Waals surface area contributed by atoms with Crippen LogP contribution in [0.3, 0.4) is 0 Å². The molecule has 2 heterocycles. The highest BCUT2D eigenvalue weighted by Gasteiger charge is 2.33. The molecule has 2 atom stereocenters. The fourth-order valence-electron chi connectivity index (χ4n) is 3.63. The van der Waals surface area contributed by atoms with Gasteiger partial charge in [0, 0.05) is 5.92 Å². The van der Waals surface area contributed by atoms with Crippen molar-refractivity contribution in [3.8, 4) is 0 Å². The lowest BCUT2D eigenvalue weighted by molar-refractivity contribution is 0.0420. The van der Waals surface area contributed by atoms with E-state index in [2.05, 4.69) is 22.0 Å². The number of aromatic nitrogens is 2. The maximum absolute atomic E-state index is 10.6. The van der Waals surface area contributed by atoms with Gasteiger partial charge in [-0.3, -0.25) is 4.90 Å². The van der Waals surface area contributed by atoms with Crippen molar-refractivity contribution in [3.63, 3.8) is 0 Å². The second-order valence-electron chi connectivity index (χ2n) is 7.17. The van der Waals surface area contributed by atoms with Gasteiger partial charge in [-0.2, -0.15) is 4.98 Å². The predicted octanol–water partition coefficient (Wildman–Crippen LogP) is 3.45. The van der Waals surface area contributed by atoms with Gasteiger partial charge in [0.15, 0.2) is 5.82 Å². The van der Waals surface area contributed by atoms with E-state index in [1.807, 2.05) is 30.3 Å². The zero-order chi connectivity index (χ0) is 16.5. The molecule has 0 radical (unpaired) electrons. The molecular formula is C19H25N3O2. The summed E-state index contributed by atoms with van der Waals surface area (Å²) in [6.07, 6.45) is 3.99. The third-order valence-corrected chi connectivity index (χ3v) is 5.47. The molecule has 1 saturated carbocycles. The SMILES string of the molecule is C[C@H](c1nc(C2CC2)no1)N1CCC([C@@H](O)c2ccccc2)CC1. The van der Waals surface area contributed by atoms with E-state index < -0.39 is 0 Å². The first-order valence-corrected chi connectivity index (χ1v) is 9.03. The van der Waals surface area contributed by atoms with Gasteiger partial charge in [0.05, 0.1) is 12.1 Å². The minimum Gasteiger partial charge on any atom is -0.388 e. The lowest BCUT2D eigenvalue weighted by Gasteiger charge is -2.36. The van der Waals surface area contributed by atoms with Crippen molar-refractivity contribution >= 4 is 0 Å². The average molecular weight is 327 g/mol. The predicted molar refractivity (Wildman–Crippen MR) is 90.4 cm³/mol. The maximum Gasteiger partial charge on any atom is 0.243 e.